The molecule has 1 unspecified atom stereocenters. The Balaban J connectivity index is 1.91. The molecule has 1 aliphatic heterocycles. The maximum absolute atomic E-state index is 13.4. The number of likely N-dealkylation sites (tertiary alicyclic amines) is 1. The summed E-state index contributed by atoms with van der Waals surface area (Å²) >= 11 is 0. The number of alkyl halides is 2. The van der Waals surface area contributed by atoms with Gasteiger partial charge in [-0.1, -0.05) is 18.2 Å². The number of nitrogens with zero attached hydrogens (tertiary/aromatic N) is 1. The van der Waals surface area contributed by atoms with Crippen LogP contribution in [0.4, 0.5) is 8.78 Å². The number of H-pyrrole nitrogens is 1. The van der Waals surface area contributed by atoms with Crippen LogP contribution in [0.3, 0.4) is 0 Å². The van der Waals surface area contributed by atoms with Crippen LogP contribution in [0.15, 0.2) is 35.1 Å². The van der Waals surface area contributed by atoms with Crippen LogP contribution < -0.4 is 5.56 Å². The molecular formula is C15H16F2N2O2. The lowest BCUT2D eigenvalue weighted by molar-refractivity contribution is 0.0111. The third kappa shape index (κ3) is 2.82. The van der Waals surface area contributed by atoms with E-state index in [0.29, 0.717) is 5.56 Å². The molecule has 1 aliphatic rings. The van der Waals surface area contributed by atoms with Gasteiger partial charge >= 0.3 is 0 Å². The van der Waals surface area contributed by atoms with Crippen LogP contribution in [-0.4, -0.2) is 40.1 Å². The molecule has 21 heavy (non-hydrogen) atoms. The molecule has 0 radical (unpaired) electrons. The van der Waals surface area contributed by atoms with Gasteiger partial charge in [-0.2, -0.15) is 0 Å². The van der Waals surface area contributed by atoms with Gasteiger partial charge in [0.05, 0.1) is 13.2 Å². The molecule has 0 spiro atoms. The molecule has 0 amide bonds. The van der Waals surface area contributed by atoms with E-state index in [1.807, 2.05) is 18.2 Å². The molecule has 2 N–H and O–H groups in total. The van der Waals surface area contributed by atoms with Crippen molar-refractivity contribution in [2.24, 2.45) is 0 Å². The van der Waals surface area contributed by atoms with Crippen LogP contribution in [0.1, 0.15) is 12.0 Å². The first-order chi connectivity index (χ1) is 9.98. The average molecular weight is 294 g/mol. The van der Waals surface area contributed by atoms with Crippen LogP contribution in [0.5, 0.6) is 0 Å². The van der Waals surface area contributed by atoms with Crippen molar-refractivity contribution in [3.63, 3.8) is 0 Å². The highest BCUT2D eigenvalue weighted by molar-refractivity contribution is 5.78. The third-order valence-electron chi connectivity index (χ3n) is 3.90. The van der Waals surface area contributed by atoms with Crippen LogP contribution in [0, 0.1) is 0 Å². The number of aliphatic hydroxyl groups excluding tert-OH is 1. The number of hydrogen-bond donors (Lipinski definition) is 2. The van der Waals surface area contributed by atoms with Gasteiger partial charge in [0.25, 0.3) is 11.5 Å². The molecule has 112 valence electrons. The van der Waals surface area contributed by atoms with Crippen molar-refractivity contribution in [1.29, 1.82) is 0 Å². The fourth-order valence-corrected chi connectivity index (χ4v) is 2.86. The number of benzene rings is 1. The Hall–Kier alpha value is -1.79. The van der Waals surface area contributed by atoms with E-state index in [9.17, 15) is 18.7 Å². The summed E-state index contributed by atoms with van der Waals surface area (Å²) in [6.45, 7) is -0.646. The highest BCUT2D eigenvalue weighted by Gasteiger charge is 2.44. The minimum Gasteiger partial charge on any atom is -0.395 e. The van der Waals surface area contributed by atoms with Gasteiger partial charge in [-0.15, -0.1) is 0 Å². The molecule has 1 fully saturated rings. The molecule has 0 bridgehead atoms. The van der Waals surface area contributed by atoms with Gasteiger partial charge in [0.2, 0.25) is 0 Å². The maximum Gasteiger partial charge on any atom is 0.262 e. The fourth-order valence-electron chi connectivity index (χ4n) is 2.86. The first-order valence-electron chi connectivity index (χ1n) is 6.82. The molecule has 2 heterocycles. The van der Waals surface area contributed by atoms with Crippen LogP contribution in [-0.2, 0) is 6.54 Å². The number of hydrogen-bond acceptors (Lipinski definition) is 3. The highest BCUT2D eigenvalue weighted by atomic mass is 19.3. The molecule has 1 saturated heterocycles. The van der Waals surface area contributed by atoms with E-state index in [2.05, 4.69) is 4.98 Å². The van der Waals surface area contributed by atoms with Crippen molar-refractivity contribution in [2.45, 2.75) is 24.9 Å². The van der Waals surface area contributed by atoms with E-state index in [0.717, 1.165) is 10.9 Å². The Morgan fingerprint density at radius 1 is 1.38 bits per heavy atom. The standard InChI is InChI=1S/C15H16F2N2O2/c16-15(17)6-12(8-20)19(9-15)7-11-5-10-3-1-2-4-13(10)18-14(11)21/h1-5,12,20H,6-9H2,(H,18,21). The summed E-state index contributed by atoms with van der Waals surface area (Å²) < 4.78 is 26.9. The molecule has 6 heteroatoms. The first-order valence-corrected chi connectivity index (χ1v) is 6.82. The van der Waals surface area contributed by atoms with Crippen LogP contribution >= 0.6 is 0 Å². The molecule has 0 saturated carbocycles. The zero-order chi connectivity index (χ0) is 15.0. The van der Waals surface area contributed by atoms with Crippen molar-refractivity contribution in [3.05, 3.63) is 46.2 Å². The van der Waals surface area contributed by atoms with E-state index >= 15 is 0 Å². The molecule has 1 atom stereocenters. The highest BCUT2D eigenvalue weighted by Crippen LogP contribution is 2.32. The maximum atomic E-state index is 13.4. The average Bonchev–Trinajstić information content (AvgIpc) is 2.74. The smallest absolute Gasteiger partial charge is 0.262 e. The quantitative estimate of drug-likeness (QED) is 0.906. The Bertz CT molecular complexity index is 714. The number of para-hydroxylation sites is 1. The van der Waals surface area contributed by atoms with Gasteiger partial charge in [0, 0.05) is 30.1 Å². The summed E-state index contributed by atoms with van der Waals surface area (Å²) in [6, 6.07) is 8.44. The second kappa shape index (κ2) is 5.20. The van der Waals surface area contributed by atoms with Crippen LogP contribution in [0.25, 0.3) is 10.9 Å². The number of aromatic amines is 1. The van der Waals surface area contributed by atoms with Gasteiger partial charge in [-0.25, -0.2) is 8.78 Å². The van der Waals surface area contributed by atoms with Crippen molar-refractivity contribution in [2.75, 3.05) is 13.2 Å². The van der Waals surface area contributed by atoms with Gasteiger partial charge in [0.1, 0.15) is 0 Å². The summed E-state index contributed by atoms with van der Waals surface area (Å²) in [5.74, 6) is -2.81. The molecule has 4 nitrogen and oxygen atoms in total. The van der Waals surface area contributed by atoms with Gasteiger partial charge < -0.3 is 10.1 Å². The van der Waals surface area contributed by atoms with E-state index in [1.54, 1.807) is 12.1 Å². The second-order valence-corrected chi connectivity index (χ2v) is 5.51. The Labute approximate surface area is 120 Å². The predicted molar refractivity (Wildman–Crippen MR) is 75.4 cm³/mol. The third-order valence-corrected chi connectivity index (χ3v) is 3.90. The second-order valence-electron chi connectivity index (χ2n) is 5.51. The summed E-state index contributed by atoms with van der Waals surface area (Å²) in [5.41, 5.74) is 0.877. The SMILES string of the molecule is O=c1[nH]c2ccccc2cc1CN1CC(F)(F)CC1CO. The zero-order valence-corrected chi connectivity index (χ0v) is 11.4. The normalized spacial score (nSPS) is 22.0. The molecule has 1 aromatic carbocycles. The van der Waals surface area contributed by atoms with Crippen molar-refractivity contribution < 1.29 is 13.9 Å². The number of aliphatic hydroxyl groups is 1. The van der Waals surface area contributed by atoms with E-state index < -0.39 is 18.5 Å². The summed E-state index contributed by atoms with van der Waals surface area (Å²) in [5, 5.41) is 10.1. The van der Waals surface area contributed by atoms with E-state index in [4.69, 9.17) is 0 Å². The van der Waals surface area contributed by atoms with Gasteiger partial charge in [0.15, 0.2) is 0 Å². The zero-order valence-electron chi connectivity index (χ0n) is 11.4. The number of pyridine rings is 1. The summed E-state index contributed by atoms with van der Waals surface area (Å²) in [7, 11) is 0. The van der Waals surface area contributed by atoms with Crippen molar-refractivity contribution >= 4 is 10.9 Å². The largest absolute Gasteiger partial charge is 0.395 e. The lowest BCUT2D eigenvalue weighted by Crippen LogP contribution is -2.34. The van der Waals surface area contributed by atoms with Crippen LogP contribution in [0.2, 0.25) is 0 Å². The lowest BCUT2D eigenvalue weighted by atomic mass is 10.1. The molecule has 1 aromatic heterocycles. The molecule has 3 rings (SSSR count). The van der Waals surface area contributed by atoms with Crippen molar-refractivity contribution in [3.8, 4) is 0 Å². The predicted octanol–water partition coefficient (Wildman–Crippen LogP) is 1.73. The molecule has 2 aromatic rings. The molecule has 0 aliphatic carbocycles. The monoisotopic (exact) mass is 294 g/mol. The minimum atomic E-state index is -2.81. The van der Waals surface area contributed by atoms with Crippen molar-refractivity contribution in [1.82, 2.24) is 9.88 Å². The number of fused-ring (bicyclic) bond motifs is 1. The number of halogens is 2. The number of nitrogens with one attached hydrogen (secondary N) is 1. The lowest BCUT2D eigenvalue weighted by Gasteiger charge is -2.21. The Kier molecular flexibility index (Phi) is 3.51. The fraction of sp³-hybridized carbons (Fsp3) is 0.400. The van der Waals surface area contributed by atoms with E-state index in [1.165, 1.54) is 4.90 Å². The van der Waals surface area contributed by atoms with E-state index in [-0.39, 0.29) is 25.1 Å². The number of aromatic nitrogens is 1. The first kappa shape index (κ1) is 14.2. The summed E-state index contributed by atoms with van der Waals surface area (Å²) in [6.07, 6.45) is -0.366. The van der Waals surface area contributed by atoms with Gasteiger partial charge in [-0.05, 0) is 17.5 Å². The number of rotatable bonds is 3. The van der Waals surface area contributed by atoms with Gasteiger partial charge in [-0.3, -0.25) is 9.69 Å². The summed E-state index contributed by atoms with van der Waals surface area (Å²) in [4.78, 5) is 16.3. The molecular weight excluding hydrogens is 278 g/mol. The minimum absolute atomic E-state index is 0.112. The Morgan fingerprint density at radius 2 is 2.14 bits per heavy atom. The Morgan fingerprint density at radius 3 is 2.90 bits per heavy atom. The topological polar surface area (TPSA) is 56.3 Å².